The van der Waals surface area contributed by atoms with Crippen molar-refractivity contribution >= 4 is 18.5 Å². The average Bonchev–Trinajstić information content (AvgIpc) is 3.17. The topological polar surface area (TPSA) is 94.5 Å². The van der Waals surface area contributed by atoms with Crippen LogP contribution in [0.4, 0.5) is 0 Å². The first kappa shape index (κ1) is 19.7. The van der Waals surface area contributed by atoms with Gasteiger partial charge in [-0.05, 0) is 30.3 Å². The Morgan fingerprint density at radius 1 is 0.867 bits per heavy atom. The summed E-state index contributed by atoms with van der Waals surface area (Å²) in [6, 6.07) is 24.4. The Morgan fingerprint density at radius 3 is 1.97 bits per heavy atom. The number of hydrogen-bond acceptors (Lipinski definition) is 5. The lowest BCUT2D eigenvalue weighted by atomic mass is 10.1. The zero-order chi connectivity index (χ0) is 21.0. The van der Waals surface area contributed by atoms with Gasteiger partial charge in [-0.15, -0.1) is 0 Å². The third-order valence-electron chi connectivity index (χ3n) is 4.64. The van der Waals surface area contributed by atoms with E-state index in [9.17, 15) is 14.7 Å². The van der Waals surface area contributed by atoms with Crippen LogP contribution in [-0.4, -0.2) is 16.5 Å². The lowest BCUT2D eigenvalue weighted by Crippen LogP contribution is -2.18. The minimum atomic E-state index is -4.08. The molecular formula is C22H19N2O5P. The molecule has 3 aromatic carbocycles. The first-order valence-corrected chi connectivity index (χ1v) is 10.9. The van der Waals surface area contributed by atoms with Gasteiger partial charge in [-0.1, -0.05) is 54.6 Å². The van der Waals surface area contributed by atoms with Gasteiger partial charge >= 0.3 is 7.60 Å². The summed E-state index contributed by atoms with van der Waals surface area (Å²) in [5.74, 6) is 0.620. The van der Waals surface area contributed by atoms with Crippen LogP contribution >= 0.6 is 7.60 Å². The number of aromatic amines is 1. The van der Waals surface area contributed by atoms with E-state index in [2.05, 4.69) is 4.98 Å². The molecule has 1 heterocycles. The van der Waals surface area contributed by atoms with Gasteiger partial charge in [0.1, 0.15) is 11.5 Å². The van der Waals surface area contributed by atoms with Gasteiger partial charge in [0.05, 0.1) is 0 Å². The smallest absolute Gasteiger partial charge is 0.415 e. The van der Waals surface area contributed by atoms with Gasteiger partial charge in [-0.2, -0.15) is 0 Å². The molecule has 1 atom stereocenters. The van der Waals surface area contributed by atoms with Crippen molar-refractivity contribution in [3.8, 4) is 11.5 Å². The van der Waals surface area contributed by atoms with Crippen molar-refractivity contribution in [1.82, 2.24) is 4.98 Å². The van der Waals surface area contributed by atoms with Gasteiger partial charge in [-0.25, -0.2) is 4.57 Å². The highest BCUT2D eigenvalue weighted by molar-refractivity contribution is 7.55. The summed E-state index contributed by atoms with van der Waals surface area (Å²) >= 11 is 0. The molecule has 30 heavy (non-hydrogen) atoms. The second-order valence-electron chi connectivity index (χ2n) is 6.67. The van der Waals surface area contributed by atoms with Crippen molar-refractivity contribution in [2.75, 3.05) is 6.54 Å². The van der Waals surface area contributed by atoms with E-state index in [-0.39, 0.29) is 0 Å². The summed E-state index contributed by atoms with van der Waals surface area (Å²) in [7, 11) is -4.08. The predicted molar refractivity (Wildman–Crippen MR) is 115 cm³/mol. The second kappa shape index (κ2) is 8.43. The van der Waals surface area contributed by atoms with E-state index in [0.29, 0.717) is 17.1 Å². The molecule has 0 spiro atoms. The molecule has 8 heteroatoms. The summed E-state index contributed by atoms with van der Waals surface area (Å²) in [6.45, 7) is -0.612. The van der Waals surface area contributed by atoms with E-state index in [4.69, 9.17) is 9.05 Å². The van der Waals surface area contributed by atoms with E-state index in [0.717, 1.165) is 10.9 Å². The van der Waals surface area contributed by atoms with E-state index in [1.165, 1.54) is 0 Å². The van der Waals surface area contributed by atoms with Crippen LogP contribution in [0, 0.1) is 10.1 Å². The Hall–Kier alpha value is -3.57. The van der Waals surface area contributed by atoms with Crippen LogP contribution in [0.25, 0.3) is 10.9 Å². The highest BCUT2D eigenvalue weighted by atomic mass is 31.2. The zero-order valence-corrected chi connectivity index (χ0v) is 16.8. The summed E-state index contributed by atoms with van der Waals surface area (Å²) in [5.41, 5.74) is 0.174. The maximum absolute atomic E-state index is 14.2. The molecule has 1 aromatic heterocycles. The fraction of sp³-hybridized carbons (Fsp3) is 0.0909. The number of aromatic nitrogens is 1. The number of nitrogens with one attached hydrogen (secondary N) is 1. The fourth-order valence-corrected chi connectivity index (χ4v) is 5.29. The Labute approximate surface area is 173 Å². The van der Waals surface area contributed by atoms with Crippen molar-refractivity contribution < 1.29 is 18.5 Å². The second-order valence-corrected chi connectivity index (χ2v) is 8.74. The van der Waals surface area contributed by atoms with E-state index in [1.807, 2.05) is 24.3 Å². The van der Waals surface area contributed by atoms with E-state index >= 15 is 0 Å². The van der Waals surface area contributed by atoms with Gasteiger partial charge in [0.25, 0.3) is 0 Å². The van der Waals surface area contributed by atoms with Crippen LogP contribution in [0.1, 0.15) is 11.2 Å². The quantitative estimate of drug-likeness (QED) is 0.219. The number of fused-ring (bicyclic) bond motifs is 1. The number of H-pyrrole nitrogens is 1. The van der Waals surface area contributed by atoms with Crippen LogP contribution in [0.3, 0.4) is 0 Å². The molecule has 0 fully saturated rings. The molecule has 0 bridgehead atoms. The third kappa shape index (κ3) is 4.21. The maximum atomic E-state index is 14.2. The lowest BCUT2D eigenvalue weighted by molar-refractivity contribution is -0.480. The number of para-hydroxylation sites is 3. The fourth-order valence-electron chi connectivity index (χ4n) is 3.28. The first-order chi connectivity index (χ1) is 14.5. The molecule has 1 N–H and O–H groups in total. The molecule has 0 saturated heterocycles. The Bertz CT molecular complexity index is 1150. The average molecular weight is 422 g/mol. The molecule has 0 amide bonds. The number of benzene rings is 3. The Kier molecular flexibility index (Phi) is 5.55. The van der Waals surface area contributed by atoms with Crippen molar-refractivity contribution in [2.24, 2.45) is 0 Å². The molecule has 0 unspecified atom stereocenters. The van der Waals surface area contributed by atoms with Gasteiger partial charge < -0.3 is 14.0 Å². The van der Waals surface area contributed by atoms with Gasteiger partial charge in [0, 0.05) is 27.6 Å². The van der Waals surface area contributed by atoms with Crippen LogP contribution in [-0.2, 0) is 4.57 Å². The molecular weight excluding hydrogens is 403 g/mol. The largest absolute Gasteiger partial charge is 0.444 e. The van der Waals surface area contributed by atoms with Gasteiger partial charge in [0.2, 0.25) is 6.54 Å². The van der Waals surface area contributed by atoms with Crippen LogP contribution in [0.5, 0.6) is 11.5 Å². The maximum Gasteiger partial charge on any atom is 0.444 e. The van der Waals surface area contributed by atoms with Crippen molar-refractivity contribution in [3.05, 3.63) is 107 Å². The molecule has 0 aliphatic carbocycles. The van der Waals surface area contributed by atoms with Crippen LogP contribution in [0.15, 0.2) is 91.1 Å². The number of hydrogen-bond donors (Lipinski definition) is 1. The number of nitro groups is 1. The molecule has 0 radical (unpaired) electrons. The summed E-state index contributed by atoms with van der Waals surface area (Å²) < 4.78 is 25.9. The minimum Gasteiger partial charge on any atom is -0.415 e. The zero-order valence-electron chi connectivity index (χ0n) is 15.9. The molecule has 7 nitrogen and oxygen atoms in total. The summed E-state index contributed by atoms with van der Waals surface area (Å²) in [5, 5.41) is 12.3. The molecule has 0 aliphatic heterocycles. The summed E-state index contributed by atoms with van der Waals surface area (Å²) in [4.78, 5) is 14.1. The molecule has 152 valence electrons. The van der Waals surface area contributed by atoms with Gasteiger partial charge in [0.15, 0.2) is 5.66 Å². The lowest BCUT2D eigenvalue weighted by Gasteiger charge is -2.25. The van der Waals surface area contributed by atoms with E-state index in [1.54, 1.807) is 66.9 Å². The minimum absolute atomic E-state index is 0.310. The Morgan fingerprint density at radius 2 is 1.40 bits per heavy atom. The monoisotopic (exact) mass is 422 g/mol. The predicted octanol–water partition coefficient (Wildman–Crippen LogP) is 5.84. The molecule has 4 aromatic rings. The van der Waals surface area contributed by atoms with Crippen molar-refractivity contribution in [2.45, 2.75) is 5.66 Å². The Balaban J connectivity index is 1.84. The third-order valence-corrected chi connectivity index (χ3v) is 6.77. The normalized spacial score (nSPS) is 12.4. The first-order valence-electron chi connectivity index (χ1n) is 9.32. The van der Waals surface area contributed by atoms with Crippen molar-refractivity contribution in [1.29, 1.82) is 0 Å². The standard InChI is InChI=1S/C22H19N2O5P/c25-24(26)16-22(20-15-23-21-14-8-7-13-19(20)21)30(27,28-17-9-3-1-4-10-17)29-18-11-5-2-6-12-18/h1-15,22-23H,16H2/t22-/m0/s1. The van der Waals surface area contributed by atoms with Crippen LogP contribution < -0.4 is 9.05 Å². The highest BCUT2D eigenvalue weighted by Crippen LogP contribution is 2.61. The van der Waals surface area contributed by atoms with Crippen molar-refractivity contribution in [3.63, 3.8) is 0 Å². The molecule has 4 rings (SSSR count). The summed E-state index contributed by atoms with van der Waals surface area (Å²) in [6.07, 6.45) is 1.63. The number of nitrogens with zero attached hydrogens (tertiary/aromatic N) is 1. The van der Waals surface area contributed by atoms with Gasteiger partial charge in [-0.3, -0.25) is 10.1 Å². The molecule has 0 aliphatic rings. The SMILES string of the molecule is O=[N+]([O-])C[C@@H](c1c[nH]c2ccccc12)P(=O)(Oc1ccccc1)Oc1ccccc1. The highest BCUT2D eigenvalue weighted by Gasteiger charge is 2.45. The number of rotatable bonds is 8. The van der Waals surface area contributed by atoms with E-state index < -0.39 is 24.7 Å². The molecule has 0 saturated carbocycles. The van der Waals surface area contributed by atoms with Crippen LogP contribution in [0.2, 0.25) is 0 Å².